The monoisotopic (exact) mass is 233 g/mol. The summed E-state index contributed by atoms with van der Waals surface area (Å²) in [6.07, 6.45) is 3.72. The first-order valence-corrected chi connectivity index (χ1v) is 6.93. The van der Waals surface area contributed by atoms with Crippen LogP contribution in [0.4, 0.5) is 0 Å². The van der Waals surface area contributed by atoms with E-state index in [-0.39, 0.29) is 0 Å². The van der Waals surface area contributed by atoms with E-state index in [9.17, 15) is 0 Å². The van der Waals surface area contributed by atoms with Crippen LogP contribution in [0.5, 0.6) is 0 Å². The molecule has 0 amide bonds. The molecule has 0 aliphatic rings. The standard InChI is InChI=1S/C16H27N/c1-5-11-17-16(10-9-13(2)3)15-8-6-7-14(4)12-15/h6-8,12-13,16-17H,5,9-11H2,1-4H3. The Bertz CT molecular complexity index is 317. The summed E-state index contributed by atoms with van der Waals surface area (Å²) in [7, 11) is 0. The molecule has 0 bridgehead atoms. The van der Waals surface area contributed by atoms with E-state index >= 15 is 0 Å². The predicted molar refractivity (Wildman–Crippen MR) is 76.3 cm³/mol. The number of nitrogens with one attached hydrogen (secondary N) is 1. The van der Waals surface area contributed by atoms with E-state index in [2.05, 4.69) is 57.3 Å². The molecule has 0 spiro atoms. The Morgan fingerprint density at radius 2 is 1.94 bits per heavy atom. The molecule has 1 aromatic carbocycles. The van der Waals surface area contributed by atoms with E-state index < -0.39 is 0 Å². The van der Waals surface area contributed by atoms with Crippen LogP contribution in [0.2, 0.25) is 0 Å². The third kappa shape index (κ3) is 5.36. The molecule has 1 rings (SSSR count). The highest BCUT2D eigenvalue weighted by atomic mass is 14.9. The minimum absolute atomic E-state index is 0.525. The fourth-order valence-corrected chi connectivity index (χ4v) is 2.09. The molecule has 0 aromatic heterocycles. The molecule has 0 fully saturated rings. The highest BCUT2D eigenvalue weighted by Gasteiger charge is 2.11. The van der Waals surface area contributed by atoms with E-state index in [4.69, 9.17) is 0 Å². The van der Waals surface area contributed by atoms with Crippen LogP contribution in [0.3, 0.4) is 0 Å². The number of aryl methyl sites for hydroxylation is 1. The molecule has 1 N–H and O–H groups in total. The zero-order valence-corrected chi connectivity index (χ0v) is 11.8. The molecule has 1 nitrogen and oxygen atoms in total. The van der Waals surface area contributed by atoms with Crippen LogP contribution in [0.25, 0.3) is 0 Å². The number of rotatable bonds is 7. The van der Waals surface area contributed by atoms with Gasteiger partial charge in [0, 0.05) is 6.04 Å². The summed E-state index contributed by atoms with van der Waals surface area (Å²) in [5, 5.41) is 3.67. The molecular formula is C16H27N. The summed E-state index contributed by atoms with van der Waals surface area (Å²) in [5.41, 5.74) is 2.80. The molecule has 1 aromatic rings. The highest BCUT2D eigenvalue weighted by Crippen LogP contribution is 2.21. The summed E-state index contributed by atoms with van der Waals surface area (Å²) < 4.78 is 0. The van der Waals surface area contributed by atoms with Crippen molar-refractivity contribution in [3.8, 4) is 0 Å². The molecule has 17 heavy (non-hydrogen) atoms. The van der Waals surface area contributed by atoms with Crippen LogP contribution in [0, 0.1) is 12.8 Å². The average Bonchev–Trinajstić information content (AvgIpc) is 2.29. The molecular weight excluding hydrogens is 206 g/mol. The average molecular weight is 233 g/mol. The fraction of sp³-hybridized carbons (Fsp3) is 0.625. The van der Waals surface area contributed by atoms with Gasteiger partial charge in [-0.2, -0.15) is 0 Å². The van der Waals surface area contributed by atoms with Crippen molar-refractivity contribution in [1.29, 1.82) is 0 Å². The van der Waals surface area contributed by atoms with Crippen LogP contribution < -0.4 is 5.32 Å². The molecule has 0 aliphatic carbocycles. The molecule has 1 heteroatoms. The Morgan fingerprint density at radius 1 is 1.18 bits per heavy atom. The summed E-state index contributed by atoms with van der Waals surface area (Å²) in [4.78, 5) is 0. The van der Waals surface area contributed by atoms with Crippen LogP contribution in [0.15, 0.2) is 24.3 Å². The van der Waals surface area contributed by atoms with Crippen LogP contribution in [-0.4, -0.2) is 6.54 Å². The number of hydrogen-bond donors (Lipinski definition) is 1. The molecule has 0 saturated carbocycles. The van der Waals surface area contributed by atoms with Gasteiger partial charge in [-0.25, -0.2) is 0 Å². The highest BCUT2D eigenvalue weighted by molar-refractivity contribution is 5.25. The minimum Gasteiger partial charge on any atom is -0.310 e. The van der Waals surface area contributed by atoms with E-state index in [1.807, 2.05) is 0 Å². The summed E-state index contributed by atoms with van der Waals surface area (Å²) >= 11 is 0. The number of hydrogen-bond acceptors (Lipinski definition) is 1. The summed E-state index contributed by atoms with van der Waals surface area (Å²) in [5.74, 6) is 0.783. The first-order valence-electron chi connectivity index (χ1n) is 6.93. The van der Waals surface area contributed by atoms with Gasteiger partial charge in [0.2, 0.25) is 0 Å². The Balaban J connectivity index is 2.67. The first kappa shape index (κ1) is 14.2. The minimum atomic E-state index is 0.525. The second-order valence-electron chi connectivity index (χ2n) is 5.39. The second-order valence-corrected chi connectivity index (χ2v) is 5.39. The van der Waals surface area contributed by atoms with Gasteiger partial charge in [0.25, 0.3) is 0 Å². The van der Waals surface area contributed by atoms with Crippen molar-refractivity contribution >= 4 is 0 Å². The lowest BCUT2D eigenvalue weighted by Crippen LogP contribution is -2.22. The SMILES string of the molecule is CCCNC(CCC(C)C)c1cccc(C)c1. The summed E-state index contributed by atoms with van der Waals surface area (Å²) in [6.45, 7) is 10.1. The Labute approximate surface area is 107 Å². The van der Waals surface area contributed by atoms with E-state index in [1.165, 1.54) is 30.4 Å². The largest absolute Gasteiger partial charge is 0.310 e. The normalized spacial score (nSPS) is 13.0. The van der Waals surface area contributed by atoms with E-state index in [1.54, 1.807) is 0 Å². The lowest BCUT2D eigenvalue weighted by Gasteiger charge is -2.20. The van der Waals surface area contributed by atoms with Gasteiger partial charge in [0.15, 0.2) is 0 Å². The third-order valence-electron chi connectivity index (χ3n) is 3.12. The van der Waals surface area contributed by atoms with Gasteiger partial charge < -0.3 is 5.32 Å². The Morgan fingerprint density at radius 3 is 2.53 bits per heavy atom. The molecule has 1 unspecified atom stereocenters. The van der Waals surface area contributed by atoms with Gasteiger partial charge in [-0.15, -0.1) is 0 Å². The van der Waals surface area contributed by atoms with Gasteiger partial charge in [-0.3, -0.25) is 0 Å². The lowest BCUT2D eigenvalue weighted by atomic mass is 9.96. The van der Waals surface area contributed by atoms with Gasteiger partial charge in [0.1, 0.15) is 0 Å². The lowest BCUT2D eigenvalue weighted by molar-refractivity contribution is 0.440. The maximum Gasteiger partial charge on any atom is 0.0320 e. The van der Waals surface area contributed by atoms with Crippen molar-refractivity contribution in [3.05, 3.63) is 35.4 Å². The molecule has 1 atom stereocenters. The Hall–Kier alpha value is -0.820. The Kier molecular flexibility index (Phi) is 6.28. The van der Waals surface area contributed by atoms with Gasteiger partial charge in [0.05, 0.1) is 0 Å². The fourth-order valence-electron chi connectivity index (χ4n) is 2.09. The van der Waals surface area contributed by atoms with E-state index in [0.717, 1.165) is 12.5 Å². The van der Waals surface area contributed by atoms with Crippen molar-refractivity contribution in [1.82, 2.24) is 5.32 Å². The quantitative estimate of drug-likeness (QED) is 0.732. The van der Waals surface area contributed by atoms with Crippen molar-refractivity contribution in [3.63, 3.8) is 0 Å². The maximum absolute atomic E-state index is 3.67. The first-order chi connectivity index (χ1) is 8.13. The summed E-state index contributed by atoms with van der Waals surface area (Å²) in [6, 6.07) is 9.43. The topological polar surface area (TPSA) is 12.0 Å². The smallest absolute Gasteiger partial charge is 0.0320 e. The molecule has 0 radical (unpaired) electrons. The van der Waals surface area contributed by atoms with Gasteiger partial charge >= 0.3 is 0 Å². The van der Waals surface area contributed by atoms with Gasteiger partial charge in [-0.1, -0.05) is 50.6 Å². The van der Waals surface area contributed by atoms with Crippen molar-refractivity contribution in [2.75, 3.05) is 6.54 Å². The zero-order valence-electron chi connectivity index (χ0n) is 11.8. The third-order valence-corrected chi connectivity index (χ3v) is 3.12. The van der Waals surface area contributed by atoms with Crippen LogP contribution in [0.1, 0.15) is 57.2 Å². The molecule has 0 saturated heterocycles. The van der Waals surface area contributed by atoms with Crippen LogP contribution in [-0.2, 0) is 0 Å². The molecule has 0 aliphatic heterocycles. The van der Waals surface area contributed by atoms with E-state index in [0.29, 0.717) is 6.04 Å². The molecule has 96 valence electrons. The number of benzene rings is 1. The molecule has 0 heterocycles. The maximum atomic E-state index is 3.67. The zero-order chi connectivity index (χ0) is 12.7. The van der Waals surface area contributed by atoms with Gasteiger partial charge in [-0.05, 0) is 44.2 Å². The predicted octanol–water partition coefficient (Wildman–Crippen LogP) is 4.47. The second kappa shape index (κ2) is 7.50. The van der Waals surface area contributed by atoms with Crippen LogP contribution >= 0.6 is 0 Å². The van der Waals surface area contributed by atoms with Crippen molar-refractivity contribution in [2.45, 2.75) is 53.0 Å². The van der Waals surface area contributed by atoms with Crippen molar-refractivity contribution in [2.24, 2.45) is 5.92 Å². The van der Waals surface area contributed by atoms with Crippen molar-refractivity contribution < 1.29 is 0 Å².